The molecular formula is C10H12FNO3. The number of halogens is 1. The highest BCUT2D eigenvalue weighted by atomic mass is 19.1. The second kappa shape index (κ2) is 4.86. The normalized spacial score (nSPS) is 10.3. The van der Waals surface area contributed by atoms with Gasteiger partial charge in [0.25, 0.3) is 0 Å². The topological polar surface area (TPSA) is 72.5 Å². The molecule has 0 fully saturated rings. The molecule has 1 rings (SSSR count). The zero-order chi connectivity index (χ0) is 11.4. The Morgan fingerprint density at radius 3 is 2.80 bits per heavy atom. The number of carboxylic acids is 1. The van der Waals surface area contributed by atoms with Gasteiger partial charge in [0.1, 0.15) is 5.82 Å². The largest absolute Gasteiger partial charge is 0.478 e. The van der Waals surface area contributed by atoms with Gasteiger partial charge in [-0.25, -0.2) is 15.1 Å². The van der Waals surface area contributed by atoms with Crippen molar-refractivity contribution in [1.29, 1.82) is 0 Å². The van der Waals surface area contributed by atoms with Crippen molar-refractivity contribution in [1.82, 2.24) is 0 Å². The lowest BCUT2D eigenvalue weighted by Crippen LogP contribution is -2.08. The van der Waals surface area contributed by atoms with Gasteiger partial charge in [0.15, 0.2) is 0 Å². The summed E-state index contributed by atoms with van der Waals surface area (Å²) in [6.07, 6.45) is 0.253. The minimum atomic E-state index is -1.07. The predicted molar refractivity (Wildman–Crippen MR) is 51.9 cm³/mol. The number of benzene rings is 1. The molecule has 0 atom stereocenters. The van der Waals surface area contributed by atoms with Gasteiger partial charge in [-0.3, -0.25) is 0 Å². The number of rotatable bonds is 4. The summed E-state index contributed by atoms with van der Waals surface area (Å²) in [4.78, 5) is 15.1. The number of carboxylic acid groups (broad SMARTS) is 1. The zero-order valence-electron chi connectivity index (χ0n) is 8.29. The van der Waals surface area contributed by atoms with Gasteiger partial charge in [-0.2, -0.15) is 0 Å². The average Bonchev–Trinajstić information content (AvgIpc) is 2.16. The van der Waals surface area contributed by atoms with Crippen molar-refractivity contribution in [3.05, 3.63) is 34.6 Å². The third-order valence-electron chi connectivity index (χ3n) is 2.11. The van der Waals surface area contributed by atoms with Crippen LogP contribution in [0.2, 0.25) is 0 Å². The van der Waals surface area contributed by atoms with Gasteiger partial charge in [0, 0.05) is 6.42 Å². The summed E-state index contributed by atoms with van der Waals surface area (Å²) in [5.41, 5.74) is 0.796. The lowest BCUT2D eigenvalue weighted by atomic mass is 10.0. The van der Waals surface area contributed by atoms with Crippen molar-refractivity contribution < 1.29 is 19.1 Å². The minimum absolute atomic E-state index is 0.100. The lowest BCUT2D eigenvalue weighted by Gasteiger charge is -2.06. The van der Waals surface area contributed by atoms with Crippen LogP contribution < -0.4 is 5.90 Å². The van der Waals surface area contributed by atoms with Crippen LogP contribution in [0.3, 0.4) is 0 Å². The summed E-state index contributed by atoms with van der Waals surface area (Å²) in [7, 11) is 0. The third kappa shape index (κ3) is 2.74. The van der Waals surface area contributed by atoms with Crippen LogP contribution in [0.25, 0.3) is 0 Å². The number of aryl methyl sites for hydroxylation is 1. The fourth-order valence-electron chi connectivity index (χ4n) is 1.31. The van der Waals surface area contributed by atoms with Crippen LogP contribution in [0.1, 0.15) is 21.5 Å². The van der Waals surface area contributed by atoms with Gasteiger partial charge in [0.05, 0.1) is 12.2 Å². The third-order valence-corrected chi connectivity index (χ3v) is 2.11. The van der Waals surface area contributed by atoms with E-state index in [-0.39, 0.29) is 18.6 Å². The Labute approximate surface area is 86.4 Å². The molecule has 0 aliphatic rings. The van der Waals surface area contributed by atoms with Crippen molar-refractivity contribution in [2.75, 3.05) is 6.61 Å². The molecule has 0 aliphatic heterocycles. The van der Waals surface area contributed by atoms with Gasteiger partial charge >= 0.3 is 5.97 Å². The molecule has 82 valence electrons. The van der Waals surface area contributed by atoms with Gasteiger partial charge in [0.2, 0.25) is 0 Å². The maximum absolute atomic E-state index is 13.3. The standard InChI is InChI=1S/C10H12FNO3/c1-6-4-9(11)7(2-3-15-12)5-8(6)10(13)14/h4-5H,2-3,12H2,1H3,(H,13,14). The smallest absolute Gasteiger partial charge is 0.335 e. The molecule has 1 aromatic carbocycles. The summed E-state index contributed by atoms with van der Waals surface area (Å²) in [5, 5.41) is 8.83. The van der Waals surface area contributed by atoms with E-state index >= 15 is 0 Å². The molecule has 0 unspecified atom stereocenters. The van der Waals surface area contributed by atoms with Crippen LogP contribution in [0.15, 0.2) is 12.1 Å². The van der Waals surface area contributed by atoms with Crippen LogP contribution in [-0.4, -0.2) is 17.7 Å². The van der Waals surface area contributed by atoms with Crippen LogP contribution in [0.5, 0.6) is 0 Å². The van der Waals surface area contributed by atoms with Gasteiger partial charge < -0.3 is 9.94 Å². The highest BCUT2D eigenvalue weighted by Crippen LogP contribution is 2.16. The van der Waals surface area contributed by atoms with E-state index in [9.17, 15) is 9.18 Å². The average molecular weight is 213 g/mol. The van der Waals surface area contributed by atoms with Gasteiger partial charge in [-0.15, -0.1) is 0 Å². The number of aromatic carboxylic acids is 1. The molecule has 0 bridgehead atoms. The van der Waals surface area contributed by atoms with E-state index in [1.165, 1.54) is 12.1 Å². The Morgan fingerprint density at radius 2 is 2.27 bits per heavy atom. The van der Waals surface area contributed by atoms with Crippen LogP contribution in [0, 0.1) is 12.7 Å². The maximum Gasteiger partial charge on any atom is 0.335 e. The van der Waals surface area contributed by atoms with Gasteiger partial charge in [-0.05, 0) is 30.2 Å². The second-order valence-electron chi connectivity index (χ2n) is 3.18. The quantitative estimate of drug-likeness (QED) is 0.738. The van der Waals surface area contributed by atoms with Crippen LogP contribution >= 0.6 is 0 Å². The van der Waals surface area contributed by atoms with Crippen molar-refractivity contribution in [2.24, 2.45) is 5.90 Å². The Kier molecular flexibility index (Phi) is 3.76. The summed E-state index contributed by atoms with van der Waals surface area (Å²) in [6, 6.07) is 2.52. The zero-order valence-corrected chi connectivity index (χ0v) is 8.29. The molecule has 0 saturated heterocycles. The molecule has 1 aromatic rings. The molecule has 0 amide bonds. The first-order chi connectivity index (χ1) is 7.06. The fraction of sp³-hybridized carbons (Fsp3) is 0.300. The Bertz CT molecular complexity index is 379. The predicted octanol–water partition coefficient (Wildman–Crippen LogP) is 1.27. The summed E-state index contributed by atoms with van der Waals surface area (Å²) < 4.78 is 13.3. The molecule has 0 heterocycles. The summed E-state index contributed by atoms with van der Waals surface area (Å²) in [6.45, 7) is 1.70. The maximum atomic E-state index is 13.3. The first kappa shape index (κ1) is 11.6. The highest BCUT2D eigenvalue weighted by Gasteiger charge is 2.12. The fourth-order valence-corrected chi connectivity index (χ4v) is 1.31. The van der Waals surface area contributed by atoms with E-state index in [4.69, 9.17) is 11.0 Å². The number of carbonyl (C=O) groups is 1. The molecule has 0 radical (unpaired) electrons. The number of nitrogens with two attached hydrogens (primary N) is 1. The highest BCUT2D eigenvalue weighted by molar-refractivity contribution is 5.89. The summed E-state index contributed by atoms with van der Waals surface area (Å²) >= 11 is 0. The van der Waals surface area contributed by atoms with Crippen molar-refractivity contribution in [3.8, 4) is 0 Å². The molecule has 0 aromatic heterocycles. The Morgan fingerprint density at radius 1 is 1.60 bits per heavy atom. The van der Waals surface area contributed by atoms with Crippen molar-refractivity contribution in [2.45, 2.75) is 13.3 Å². The molecule has 5 heteroatoms. The number of hydrogen-bond donors (Lipinski definition) is 2. The monoisotopic (exact) mass is 213 g/mol. The molecule has 15 heavy (non-hydrogen) atoms. The van der Waals surface area contributed by atoms with E-state index in [2.05, 4.69) is 4.84 Å². The van der Waals surface area contributed by atoms with E-state index in [0.717, 1.165) is 0 Å². The van der Waals surface area contributed by atoms with E-state index in [0.29, 0.717) is 11.1 Å². The molecule has 0 saturated carbocycles. The van der Waals surface area contributed by atoms with E-state index in [1.807, 2.05) is 0 Å². The van der Waals surface area contributed by atoms with Crippen molar-refractivity contribution >= 4 is 5.97 Å². The molecule has 3 N–H and O–H groups in total. The molecule has 0 aliphatic carbocycles. The second-order valence-corrected chi connectivity index (χ2v) is 3.18. The van der Waals surface area contributed by atoms with E-state index < -0.39 is 11.8 Å². The van der Waals surface area contributed by atoms with Crippen LogP contribution in [-0.2, 0) is 11.3 Å². The Balaban J connectivity index is 3.06. The summed E-state index contributed by atoms with van der Waals surface area (Å²) in [5.74, 6) is 3.31. The first-order valence-electron chi connectivity index (χ1n) is 4.40. The first-order valence-corrected chi connectivity index (χ1v) is 4.40. The minimum Gasteiger partial charge on any atom is -0.478 e. The van der Waals surface area contributed by atoms with Crippen LogP contribution in [0.4, 0.5) is 4.39 Å². The molecule has 4 nitrogen and oxygen atoms in total. The molecule has 0 spiro atoms. The molecular weight excluding hydrogens is 201 g/mol. The lowest BCUT2D eigenvalue weighted by molar-refractivity contribution is 0.0695. The van der Waals surface area contributed by atoms with Crippen molar-refractivity contribution in [3.63, 3.8) is 0 Å². The van der Waals surface area contributed by atoms with Gasteiger partial charge in [-0.1, -0.05) is 0 Å². The van der Waals surface area contributed by atoms with E-state index in [1.54, 1.807) is 6.92 Å². The Hall–Kier alpha value is -1.46. The SMILES string of the molecule is Cc1cc(F)c(CCON)cc1C(=O)O. The number of hydrogen-bond acceptors (Lipinski definition) is 3.